The number of hydrogen-bond donors (Lipinski definition) is 0. The molecule has 0 aliphatic heterocycles. The summed E-state index contributed by atoms with van der Waals surface area (Å²) in [4.78, 5) is 13.9. The van der Waals surface area contributed by atoms with Crippen LogP contribution in [-0.2, 0) is 9.53 Å². The highest BCUT2D eigenvalue weighted by molar-refractivity contribution is 5.89. The molecule has 0 N–H and O–H groups in total. The quantitative estimate of drug-likeness (QED) is 0.253. The van der Waals surface area contributed by atoms with Crippen LogP contribution in [0.25, 0.3) is 0 Å². The minimum Gasteiger partial charge on any atom is -0.463 e. The number of rotatable bonds is 6. The van der Waals surface area contributed by atoms with Crippen molar-refractivity contribution in [3.05, 3.63) is 11.1 Å². The Bertz CT molecular complexity index is 592. The van der Waals surface area contributed by atoms with E-state index in [-0.39, 0.29) is 5.97 Å². The molecule has 3 rings (SSSR count). The van der Waals surface area contributed by atoms with Crippen LogP contribution in [-0.4, -0.2) is 12.6 Å². The molecule has 2 heteroatoms. The minimum absolute atomic E-state index is 0.0637. The van der Waals surface area contributed by atoms with Crippen molar-refractivity contribution in [3.63, 3.8) is 0 Å². The molecule has 0 aromatic heterocycles. The molecule has 0 bridgehead atoms. The molecule has 3 aliphatic rings. The van der Waals surface area contributed by atoms with Crippen molar-refractivity contribution in [3.8, 4) is 0 Å². The van der Waals surface area contributed by atoms with E-state index in [9.17, 15) is 4.79 Å². The fourth-order valence-corrected chi connectivity index (χ4v) is 7.99. The van der Waals surface area contributed by atoms with Crippen LogP contribution in [0, 0.1) is 17.8 Å². The Morgan fingerprint density at radius 3 is 1.16 bits per heavy atom. The van der Waals surface area contributed by atoms with Crippen LogP contribution < -0.4 is 0 Å². The van der Waals surface area contributed by atoms with E-state index in [2.05, 4.69) is 0 Å². The fraction of sp³-hybridized carbons (Fsp3) is 0.917. The lowest BCUT2D eigenvalue weighted by molar-refractivity contribution is -0.139. The van der Waals surface area contributed by atoms with Crippen LogP contribution in [0.5, 0.6) is 0 Å². The molecule has 0 unspecified atom stereocenters. The molecular formula is C36H64O2. The number of hydrogen-bond acceptors (Lipinski definition) is 2. The molecule has 0 radical (unpaired) electrons. The molecule has 3 aliphatic carbocycles. The SMILES string of the molecule is CCOC(=O)C(CC1CCCCCCCCC1)=C(C1CCCCCCCCC1)C1CCCCCCCCC1. The summed E-state index contributed by atoms with van der Waals surface area (Å²) in [5.74, 6) is 1.95. The first-order valence-electron chi connectivity index (χ1n) is 17.7. The maximum Gasteiger partial charge on any atom is 0.333 e. The average Bonchev–Trinajstić information content (AvgIpc) is 2.94. The van der Waals surface area contributed by atoms with Gasteiger partial charge in [-0.3, -0.25) is 0 Å². The van der Waals surface area contributed by atoms with Crippen LogP contribution in [0.4, 0.5) is 0 Å². The van der Waals surface area contributed by atoms with Gasteiger partial charge < -0.3 is 4.74 Å². The van der Waals surface area contributed by atoms with Crippen LogP contribution in [0.1, 0.15) is 187 Å². The van der Waals surface area contributed by atoms with Crippen molar-refractivity contribution < 1.29 is 9.53 Å². The van der Waals surface area contributed by atoms with E-state index in [1.54, 1.807) is 5.57 Å². The Labute approximate surface area is 237 Å². The predicted molar refractivity (Wildman–Crippen MR) is 163 cm³/mol. The molecule has 0 saturated heterocycles. The zero-order valence-corrected chi connectivity index (χ0v) is 25.6. The van der Waals surface area contributed by atoms with E-state index in [0.717, 1.165) is 6.42 Å². The molecule has 0 spiro atoms. The van der Waals surface area contributed by atoms with E-state index in [1.165, 1.54) is 179 Å². The molecule has 3 fully saturated rings. The highest BCUT2D eigenvalue weighted by Gasteiger charge is 2.31. The Balaban J connectivity index is 1.96. The Hall–Kier alpha value is -0.790. The van der Waals surface area contributed by atoms with Gasteiger partial charge in [0, 0.05) is 5.57 Å². The summed E-state index contributed by atoms with van der Waals surface area (Å²) in [5, 5.41) is 0. The monoisotopic (exact) mass is 528 g/mol. The van der Waals surface area contributed by atoms with Gasteiger partial charge in [0.25, 0.3) is 0 Å². The molecule has 2 nitrogen and oxygen atoms in total. The maximum atomic E-state index is 13.9. The van der Waals surface area contributed by atoms with Crippen molar-refractivity contribution in [1.82, 2.24) is 0 Å². The second kappa shape index (κ2) is 20.1. The first-order valence-corrected chi connectivity index (χ1v) is 17.7. The van der Waals surface area contributed by atoms with Crippen molar-refractivity contribution in [2.75, 3.05) is 6.61 Å². The van der Waals surface area contributed by atoms with Crippen molar-refractivity contribution in [2.45, 2.75) is 187 Å². The summed E-state index contributed by atoms with van der Waals surface area (Å²) in [6.07, 6.45) is 37.9. The van der Waals surface area contributed by atoms with E-state index in [0.29, 0.717) is 24.4 Å². The molecule has 0 heterocycles. The number of ether oxygens (including phenoxy) is 1. The van der Waals surface area contributed by atoms with E-state index >= 15 is 0 Å². The Morgan fingerprint density at radius 1 is 0.500 bits per heavy atom. The van der Waals surface area contributed by atoms with Gasteiger partial charge in [-0.05, 0) is 56.8 Å². The lowest BCUT2D eigenvalue weighted by Crippen LogP contribution is -2.23. The van der Waals surface area contributed by atoms with Gasteiger partial charge in [0.1, 0.15) is 0 Å². The summed E-state index contributed by atoms with van der Waals surface area (Å²) < 4.78 is 5.91. The topological polar surface area (TPSA) is 26.3 Å². The van der Waals surface area contributed by atoms with Gasteiger partial charge in [-0.25, -0.2) is 4.79 Å². The largest absolute Gasteiger partial charge is 0.463 e. The van der Waals surface area contributed by atoms with Crippen molar-refractivity contribution >= 4 is 5.97 Å². The molecular weight excluding hydrogens is 464 g/mol. The zero-order valence-electron chi connectivity index (χ0n) is 25.6. The Kier molecular flexibility index (Phi) is 16.8. The molecule has 38 heavy (non-hydrogen) atoms. The van der Waals surface area contributed by atoms with Gasteiger partial charge in [0.15, 0.2) is 0 Å². The maximum absolute atomic E-state index is 13.9. The molecule has 0 amide bonds. The van der Waals surface area contributed by atoms with Crippen LogP contribution in [0.15, 0.2) is 11.1 Å². The molecule has 0 atom stereocenters. The number of allylic oxidation sites excluding steroid dienone is 1. The molecule has 220 valence electrons. The summed E-state index contributed by atoms with van der Waals surface area (Å²) in [6.45, 7) is 2.52. The summed E-state index contributed by atoms with van der Waals surface area (Å²) in [5.41, 5.74) is 2.81. The van der Waals surface area contributed by atoms with Crippen LogP contribution in [0.2, 0.25) is 0 Å². The van der Waals surface area contributed by atoms with Gasteiger partial charge >= 0.3 is 5.97 Å². The van der Waals surface area contributed by atoms with Gasteiger partial charge in [0.2, 0.25) is 0 Å². The zero-order chi connectivity index (χ0) is 26.7. The van der Waals surface area contributed by atoms with Gasteiger partial charge in [0.05, 0.1) is 6.61 Å². The van der Waals surface area contributed by atoms with Gasteiger partial charge in [-0.15, -0.1) is 0 Å². The summed E-state index contributed by atoms with van der Waals surface area (Å²) in [6, 6.07) is 0. The number of carbonyl (C=O) groups is 1. The van der Waals surface area contributed by atoms with Crippen molar-refractivity contribution in [1.29, 1.82) is 0 Å². The number of carbonyl (C=O) groups excluding carboxylic acids is 1. The van der Waals surface area contributed by atoms with E-state index < -0.39 is 0 Å². The van der Waals surface area contributed by atoms with Gasteiger partial charge in [-0.2, -0.15) is 0 Å². The summed E-state index contributed by atoms with van der Waals surface area (Å²) >= 11 is 0. The lowest BCUT2D eigenvalue weighted by Gasteiger charge is -2.33. The third kappa shape index (κ3) is 12.2. The van der Waals surface area contributed by atoms with E-state index in [1.807, 2.05) is 6.92 Å². The highest BCUT2D eigenvalue weighted by Crippen LogP contribution is 2.41. The standard InChI is InChI=1S/C36H64O2/c1-2-38-36(37)34(30-31-24-18-12-6-3-7-13-19-25-31)35(32-26-20-14-8-4-9-15-21-27-32)33-28-22-16-10-5-11-17-23-29-33/h31-33H,2-30H2,1H3. The average molecular weight is 529 g/mol. The van der Waals surface area contributed by atoms with Gasteiger partial charge in [-0.1, -0.05) is 153 Å². The minimum atomic E-state index is 0.0637. The lowest BCUT2D eigenvalue weighted by atomic mass is 9.73. The molecule has 0 aromatic carbocycles. The first kappa shape index (κ1) is 31.7. The van der Waals surface area contributed by atoms with Crippen LogP contribution >= 0.6 is 0 Å². The van der Waals surface area contributed by atoms with Crippen LogP contribution in [0.3, 0.4) is 0 Å². The smallest absolute Gasteiger partial charge is 0.333 e. The Morgan fingerprint density at radius 2 is 0.816 bits per heavy atom. The third-order valence-electron chi connectivity index (χ3n) is 10.2. The second-order valence-electron chi connectivity index (χ2n) is 13.3. The highest BCUT2D eigenvalue weighted by atomic mass is 16.5. The number of esters is 1. The normalized spacial score (nSPS) is 23.7. The summed E-state index contributed by atoms with van der Waals surface area (Å²) in [7, 11) is 0. The first-order chi connectivity index (χ1) is 18.8. The fourth-order valence-electron chi connectivity index (χ4n) is 7.99. The second-order valence-corrected chi connectivity index (χ2v) is 13.3. The molecule has 0 aromatic rings. The third-order valence-corrected chi connectivity index (χ3v) is 10.2. The van der Waals surface area contributed by atoms with Crippen molar-refractivity contribution in [2.24, 2.45) is 17.8 Å². The van der Waals surface area contributed by atoms with E-state index in [4.69, 9.17) is 4.74 Å². The molecule has 3 saturated carbocycles. The predicted octanol–water partition coefficient (Wildman–Crippen LogP) is 11.7.